The van der Waals surface area contributed by atoms with Gasteiger partial charge in [0.1, 0.15) is 6.72 Å². The zero-order valence-corrected chi connectivity index (χ0v) is 18.2. The second kappa shape index (κ2) is 7.90. The number of hydrogen-bond acceptors (Lipinski definition) is 1. The molecule has 0 spiro atoms. The summed E-state index contributed by atoms with van der Waals surface area (Å²) in [6.45, 7) is 17.2. The Labute approximate surface area is 175 Å². The van der Waals surface area contributed by atoms with Crippen LogP contribution in [0.25, 0.3) is 17.0 Å². The lowest BCUT2D eigenvalue weighted by Crippen LogP contribution is -2.56. The van der Waals surface area contributed by atoms with E-state index in [2.05, 4.69) is 80.4 Å². The zero-order valence-electron chi connectivity index (χ0n) is 18.2. The third-order valence-corrected chi connectivity index (χ3v) is 6.92. The molecule has 1 aliphatic rings. The van der Waals surface area contributed by atoms with Crippen LogP contribution in [0.15, 0.2) is 67.5 Å². The minimum Gasteiger partial charge on any atom is -0.309 e. The molecule has 0 saturated heterocycles. The molecule has 2 atom stereocenters. The fraction of sp³-hybridized carbons (Fsp3) is 0.346. The van der Waals surface area contributed by atoms with Crippen LogP contribution in [0.5, 0.6) is 0 Å². The lowest BCUT2D eigenvalue weighted by atomic mass is 9.63. The van der Waals surface area contributed by atoms with Crippen molar-refractivity contribution in [2.24, 2.45) is 5.41 Å². The number of rotatable bonds is 3. The van der Waals surface area contributed by atoms with E-state index in [0.29, 0.717) is 12.1 Å². The first-order chi connectivity index (χ1) is 13.7. The van der Waals surface area contributed by atoms with Gasteiger partial charge < -0.3 is 5.41 Å². The van der Waals surface area contributed by atoms with Crippen LogP contribution >= 0.6 is 0 Å². The van der Waals surface area contributed by atoms with Crippen LogP contribution in [0, 0.1) is 10.8 Å². The number of pyridine rings is 1. The summed E-state index contributed by atoms with van der Waals surface area (Å²) >= 11 is 0. The summed E-state index contributed by atoms with van der Waals surface area (Å²) < 4.78 is 4.23. The monoisotopic (exact) mass is 387 g/mol. The van der Waals surface area contributed by atoms with E-state index < -0.39 is 5.54 Å². The molecule has 2 aromatic rings. The number of benzene rings is 1. The molecule has 0 amide bonds. The number of fused-ring (bicyclic) bond motifs is 3. The van der Waals surface area contributed by atoms with Gasteiger partial charge in [-0.1, -0.05) is 18.2 Å². The summed E-state index contributed by atoms with van der Waals surface area (Å²) in [5, 5.41) is 8.74. The molecule has 0 fully saturated rings. The number of aryl methyl sites for hydroxylation is 1. The Morgan fingerprint density at radius 3 is 2.55 bits per heavy atom. The molecule has 0 bridgehead atoms. The predicted octanol–water partition coefficient (Wildman–Crippen LogP) is 5.50. The lowest BCUT2D eigenvalue weighted by Gasteiger charge is -2.42. The highest BCUT2D eigenvalue weighted by Crippen LogP contribution is 2.44. The normalized spacial score (nSPS) is 24.6. The summed E-state index contributed by atoms with van der Waals surface area (Å²) in [4.78, 5) is 0. The van der Waals surface area contributed by atoms with Crippen molar-refractivity contribution in [3.8, 4) is 11.3 Å². The summed E-state index contributed by atoms with van der Waals surface area (Å²) in [6, 6.07) is 14.9. The molecule has 29 heavy (non-hydrogen) atoms. The van der Waals surface area contributed by atoms with Gasteiger partial charge in [0.25, 0.3) is 0 Å². The smallest absolute Gasteiger partial charge is 0.218 e. The summed E-state index contributed by atoms with van der Waals surface area (Å²) in [5.41, 5.74) is 4.63. The second-order valence-corrected chi connectivity index (χ2v) is 8.54. The van der Waals surface area contributed by atoms with E-state index in [1.165, 1.54) is 11.1 Å². The largest absolute Gasteiger partial charge is 0.309 e. The Hall–Kier alpha value is -2.81. The molecule has 1 aliphatic heterocycles. The van der Waals surface area contributed by atoms with Gasteiger partial charge in [0.15, 0.2) is 23.6 Å². The van der Waals surface area contributed by atoms with Crippen molar-refractivity contribution >= 4 is 18.1 Å². The van der Waals surface area contributed by atoms with Gasteiger partial charge in [-0.15, -0.1) is 0 Å². The fourth-order valence-corrected chi connectivity index (χ4v) is 4.61. The van der Waals surface area contributed by atoms with Crippen molar-refractivity contribution in [2.45, 2.75) is 52.5 Å². The molecule has 0 aliphatic carbocycles. The molecule has 3 heteroatoms. The van der Waals surface area contributed by atoms with E-state index in [4.69, 9.17) is 5.41 Å². The van der Waals surface area contributed by atoms with E-state index in [9.17, 15) is 0 Å². The first-order valence-electron chi connectivity index (χ1n) is 10.3. The van der Waals surface area contributed by atoms with E-state index in [1.807, 2.05) is 30.7 Å². The molecule has 2 heterocycles. The Balaban J connectivity index is 2.28. The van der Waals surface area contributed by atoms with Crippen LogP contribution in [0.2, 0.25) is 0 Å². The summed E-state index contributed by atoms with van der Waals surface area (Å²) in [5.74, 6) is 0. The fourth-order valence-electron chi connectivity index (χ4n) is 4.61. The molecular formula is C26H33N3+2. The Bertz CT molecular complexity index is 1000. The van der Waals surface area contributed by atoms with E-state index >= 15 is 0 Å². The van der Waals surface area contributed by atoms with E-state index in [-0.39, 0.29) is 5.41 Å². The van der Waals surface area contributed by atoms with Gasteiger partial charge in [0.05, 0.1) is 11.8 Å². The molecule has 3 nitrogen and oxygen atoms in total. The number of hydrogen-bond donors (Lipinski definition) is 1. The number of nitrogens with zero attached hydrogens (tertiary/aromatic N) is 2. The maximum Gasteiger partial charge on any atom is 0.218 e. The zero-order chi connectivity index (χ0) is 21.2. The van der Waals surface area contributed by atoms with E-state index in [1.54, 1.807) is 0 Å². The average molecular weight is 388 g/mol. The highest BCUT2D eigenvalue weighted by Gasteiger charge is 2.55. The maximum atomic E-state index is 8.74. The molecule has 0 radical (unpaired) electrons. The quantitative estimate of drug-likeness (QED) is 0.533. The van der Waals surface area contributed by atoms with Crippen LogP contribution < -0.4 is 4.57 Å². The van der Waals surface area contributed by atoms with Gasteiger partial charge in [-0.2, -0.15) is 4.57 Å². The number of allylic oxidation sites excluding steroid dienone is 1. The van der Waals surface area contributed by atoms with Crippen LogP contribution in [-0.2, 0) is 6.42 Å². The van der Waals surface area contributed by atoms with Crippen molar-refractivity contribution in [3.63, 3.8) is 0 Å². The Morgan fingerprint density at radius 2 is 1.86 bits per heavy atom. The van der Waals surface area contributed by atoms with Crippen LogP contribution in [0.4, 0.5) is 0 Å². The molecule has 1 aromatic carbocycles. The molecule has 150 valence electrons. The highest BCUT2D eigenvalue weighted by atomic mass is 15.1. The number of nitrogens with one attached hydrogen (secondary N) is 1. The van der Waals surface area contributed by atoms with Crippen LogP contribution in [-0.4, -0.2) is 22.5 Å². The van der Waals surface area contributed by atoms with Crippen molar-refractivity contribution in [1.82, 2.24) is 0 Å². The third-order valence-electron chi connectivity index (χ3n) is 6.92. The second-order valence-electron chi connectivity index (χ2n) is 8.54. The predicted molar refractivity (Wildman–Crippen MR) is 122 cm³/mol. The summed E-state index contributed by atoms with van der Waals surface area (Å²) in [7, 11) is 0. The third kappa shape index (κ3) is 3.50. The molecule has 2 unspecified atom stereocenters. The lowest BCUT2D eigenvalue weighted by molar-refractivity contribution is -0.589. The van der Waals surface area contributed by atoms with E-state index in [0.717, 1.165) is 24.2 Å². The standard InChI is InChI=1S/C26H33N3/c1-7-17-28(6)26(5)19-20(2)29-18-11-10-14-24(29)23-13-9-8-12-22(23)15-16-25(26,4)21(3)27/h7-14,17-18,27H,2,6,15-16,19H2,1,3-5H3/q+2/b17-7-,27-21?. The van der Waals surface area contributed by atoms with Gasteiger partial charge in [0, 0.05) is 30.3 Å². The molecular weight excluding hydrogens is 354 g/mol. The van der Waals surface area contributed by atoms with Crippen molar-refractivity contribution in [3.05, 3.63) is 73.1 Å². The molecule has 3 rings (SSSR count). The number of aromatic nitrogens is 1. The van der Waals surface area contributed by atoms with Gasteiger partial charge in [-0.3, -0.25) is 0 Å². The van der Waals surface area contributed by atoms with Gasteiger partial charge in [-0.25, -0.2) is 4.58 Å². The summed E-state index contributed by atoms with van der Waals surface area (Å²) in [6.07, 6.45) is 8.61. The average Bonchev–Trinajstić information content (AvgIpc) is 2.71. The first kappa shape index (κ1) is 20.9. The first-order valence-corrected chi connectivity index (χ1v) is 10.3. The molecule has 1 aromatic heterocycles. The van der Waals surface area contributed by atoms with Crippen LogP contribution in [0.3, 0.4) is 0 Å². The SMILES string of the molecule is C=C1CC(C)([N+](=C)/C=C\C)C(C)(C(C)=N)CCc2ccccc2-c2cccc[n+]21. The highest BCUT2D eigenvalue weighted by molar-refractivity contribution is 5.86. The van der Waals surface area contributed by atoms with Crippen molar-refractivity contribution in [2.75, 3.05) is 0 Å². The Kier molecular flexibility index (Phi) is 5.70. The van der Waals surface area contributed by atoms with Crippen LogP contribution in [0.1, 0.15) is 46.1 Å². The maximum absolute atomic E-state index is 8.74. The molecule has 1 N–H and O–H groups in total. The van der Waals surface area contributed by atoms with Gasteiger partial charge >= 0.3 is 0 Å². The van der Waals surface area contributed by atoms with Gasteiger partial charge in [-0.05, 0) is 64.0 Å². The topological polar surface area (TPSA) is 30.7 Å². The Morgan fingerprint density at radius 1 is 1.17 bits per heavy atom. The van der Waals surface area contributed by atoms with Gasteiger partial charge in [0.2, 0.25) is 5.69 Å². The molecule has 0 saturated carbocycles. The minimum absolute atomic E-state index is 0.364. The van der Waals surface area contributed by atoms with Crippen molar-refractivity contribution < 1.29 is 9.14 Å². The van der Waals surface area contributed by atoms with Crippen molar-refractivity contribution in [1.29, 1.82) is 5.41 Å². The minimum atomic E-state index is -0.394.